The van der Waals surface area contributed by atoms with E-state index in [1.807, 2.05) is 13.8 Å². The maximum absolute atomic E-state index is 13.0. The highest BCUT2D eigenvalue weighted by atomic mass is 19.4. The van der Waals surface area contributed by atoms with Gasteiger partial charge in [0.2, 0.25) is 0 Å². The van der Waals surface area contributed by atoms with Gasteiger partial charge < -0.3 is 24.1 Å². The zero-order valence-electron chi connectivity index (χ0n) is 21.3. The van der Waals surface area contributed by atoms with Gasteiger partial charge in [-0.2, -0.15) is 0 Å². The summed E-state index contributed by atoms with van der Waals surface area (Å²) in [6.45, 7) is 3.89. The Balaban J connectivity index is 1.43. The molecule has 1 N–H and O–H groups in total. The predicted octanol–water partition coefficient (Wildman–Crippen LogP) is 6.52. The van der Waals surface area contributed by atoms with E-state index in [1.54, 1.807) is 18.2 Å². The average molecular weight is 543 g/mol. The Morgan fingerprint density at radius 1 is 1.03 bits per heavy atom. The van der Waals surface area contributed by atoms with Crippen LogP contribution in [0.4, 0.5) is 13.2 Å². The number of alkyl halides is 3. The van der Waals surface area contributed by atoms with Crippen LogP contribution in [-0.4, -0.2) is 35.9 Å². The summed E-state index contributed by atoms with van der Waals surface area (Å²) in [5.74, 6) is -0.996. The van der Waals surface area contributed by atoms with Gasteiger partial charge in [-0.25, -0.2) is 4.79 Å². The van der Waals surface area contributed by atoms with E-state index in [0.29, 0.717) is 29.7 Å². The Labute approximate surface area is 222 Å². The Morgan fingerprint density at radius 2 is 1.67 bits per heavy atom. The zero-order valence-corrected chi connectivity index (χ0v) is 21.3. The van der Waals surface area contributed by atoms with Crippen molar-refractivity contribution in [2.45, 2.75) is 38.7 Å². The fourth-order valence-electron chi connectivity index (χ4n) is 4.03. The number of fused-ring (bicyclic) bond motifs is 1. The van der Waals surface area contributed by atoms with Gasteiger partial charge in [0.25, 0.3) is 0 Å². The molecule has 0 spiro atoms. The topological polar surface area (TPSA) is 91.3 Å². The third kappa shape index (κ3) is 6.70. The molecule has 1 aliphatic heterocycles. The van der Waals surface area contributed by atoms with Crippen molar-refractivity contribution in [3.8, 4) is 28.7 Å². The molecule has 3 aromatic rings. The fraction of sp³-hybridized carbons (Fsp3) is 0.241. The molecule has 1 heterocycles. The molecule has 204 valence electrons. The van der Waals surface area contributed by atoms with Crippen LogP contribution in [-0.2, 0) is 6.42 Å². The van der Waals surface area contributed by atoms with E-state index >= 15 is 0 Å². The van der Waals surface area contributed by atoms with E-state index in [4.69, 9.17) is 14.2 Å². The van der Waals surface area contributed by atoms with Crippen molar-refractivity contribution in [3.63, 3.8) is 0 Å². The number of hydrogen-bond donors (Lipinski definition) is 1. The first kappa shape index (κ1) is 27.6. The van der Waals surface area contributed by atoms with E-state index in [9.17, 15) is 27.9 Å². The number of halogens is 3. The van der Waals surface area contributed by atoms with Crippen LogP contribution in [0, 0.1) is 0 Å². The SMILES string of the molecule is COc1cc2c(c(O)c1C(=O)/C=C/c1ccc(OC(=O)c3ccc(OC(F)(F)F)cc3)cc1)CCC(C)(C)O2. The summed E-state index contributed by atoms with van der Waals surface area (Å²) in [6, 6.07) is 12.2. The van der Waals surface area contributed by atoms with E-state index < -0.39 is 29.5 Å². The molecule has 0 amide bonds. The number of esters is 1. The lowest BCUT2D eigenvalue weighted by Crippen LogP contribution is -2.32. The first-order valence-corrected chi connectivity index (χ1v) is 11.9. The van der Waals surface area contributed by atoms with Crippen molar-refractivity contribution in [1.29, 1.82) is 0 Å². The minimum absolute atomic E-state index is 0.0341. The molecule has 1 aliphatic rings. The van der Waals surface area contributed by atoms with Crippen LogP contribution in [0.2, 0.25) is 0 Å². The third-order valence-electron chi connectivity index (χ3n) is 6.00. The highest BCUT2D eigenvalue weighted by molar-refractivity contribution is 6.11. The van der Waals surface area contributed by atoms with Gasteiger partial charge in [0.15, 0.2) is 5.78 Å². The van der Waals surface area contributed by atoms with E-state index in [0.717, 1.165) is 24.3 Å². The van der Waals surface area contributed by atoms with Gasteiger partial charge in [-0.05, 0) is 74.7 Å². The molecular weight excluding hydrogens is 517 g/mol. The van der Waals surface area contributed by atoms with Crippen LogP contribution in [0.3, 0.4) is 0 Å². The molecule has 39 heavy (non-hydrogen) atoms. The zero-order chi connectivity index (χ0) is 28.4. The molecule has 0 bridgehead atoms. The number of benzene rings is 3. The molecule has 0 radical (unpaired) electrons. The molecule has 7 nitrogen and oxygen atoms in total. The third-order valence-corrected chi connectivity index (χ3v) is 6.00. The van der Waals surface area contributed by atoms with Gasteiger partial charge >= 0.3 is 12.3 Å². The summed E-state index contributed by atoms with van der Waals surface area (Å²) < 4.78 is 57.2. The van der Waals surface area contributed by atoms with Crippen molar-refractivity contribution in [3.05, 3.63) is 82.9 Å². The monoisotopic (exact) mass is 542 g/mol. The van der Waals surface area contributed by atoms with Crippen LogP contribution in [0.15, 0.2) is 60.7 Å². The lowest BCUT2D eigenvalue weighted by Gasteiger charge is -2.33. The smallest absolute Gasteiger partial charge is 0.507 e. The Morgan fingerprint density at radius 3 is 2.28 bits per heavy atom. The lowest BCUT2D eigenvalue weighted by atomic mass is 9.91. The molecule has 0 atom stereocenters. The largest absolute Gasteiger partial charge is 0.573 e. The molecule has 0 unspecified atom stereocenters. The quantitative estimate of drug-likeness (QED) is 0.157. The second kappa shape index (κ2) is 10.7. The maximum atomic E-state index is 13.0. The summed E-state index contributed by atoms with van der Waals surface area (Å²) in [6.07, 6.45) is -0.775. The number of phenols is 1. The van der Waals surface area contributed by atoms with E-state index in [-0.39, 0.29) is 28.4 Å². The van der Waals surface area contributed by atoms with Crippen molar-refractivity contribution < 1.29 is 46.8 Å². The van der Waals surface area contributed by atoms with Gasteiger partial charge in [0.1, 0.15) is 39.9 Å². The molecular formula is C29H25F3O7. The summed E-state index contributed by atoms with van der Waals surface area (Å²) >= 11 is 0. The van der Waals surface area contributed by atoms with Crippen molar-refractivity contribution in [1.82, 2.24) is 0 Å². The number of carbonyl (C=O) groups excluding carboxylic acids is 2. The van der Waals surface area contributed by atoms with Gasteiger partial charge in [0, 0.05) is 11.6 Å². The molecule has 0 aromatic heterocycles. The summed E-state index contributed by atoms with van der Waals surface area (Å²) in [5, 5.41) is 10.8. The minimum atomic E-state index is -4.83. The molecule has 0 saturated carbocycles. The van der Waals surface area contributed by atoms with Crippen LogP contribution < -0.4 is 18.9 Å². The molecule has 4 rings (SSSR count). The van der Waals surface area contributed by atoms with Crippen molar-refractivity contribution in [2.75, 3.05) is 7.11 Å². The van der Waals surface area contributed by atoms with Crippen LogP contribution in [0.25, 0.3) is 6.08 Å². The van der Waals surface area contributed by atoms with Crippen LogP contribution in [0.5, 0.6) is 28.7 Å². The lowest BCUT2D eigenvalue weighted by molar-refractivity contribution is -0.274. The standard InChI is InChI=1S/C29H25F3O7/c1-28(2)15-14-21-23(39-28)16-24(36-3)25(26(21)34)22(33)13-6-17-4-9-19(10-5-17)37-27(35)18-7-11-20(12-8-18)38-29(30,31)32/h4-13,16,34H,14-15H2,1-3H3/b13-6+. The number of methoxy groups -OCH3 is 1. The van der Waals surface area contributed by atoms with Crippen LogP contribution in [0.1, 0.15) is 52.1 Å². The summed E-state index contributed by atoms with van der Waals surface area (Å²) in [5.41, 5.74) is 0.839. The first-order chi connectivity index (χ1) is 18.3. The number of carbonyl (C=O) groups is 2. The van der Waals surface area contributed by atoms with Gasteiger partial charge in [-0.1, -0.05) is 18.2 Å². The maximum Gasteiger partial charge on any atom is 0.573 e. The number of ether oxygens (including phenoxy) is 4. The number of aromatic hydroxyl groups is 1. The highest BCUT2D eigenvalue weighted by Gasteiger charge is 2.32. The van der Waals surface area contributed by atoms with Crippen molar-refractivity contribution in [2.24, 2.45) is 0 Å². The van der Waals surface area contributed by atoms with E-state index in [1.165, 1.54) is 31.4 Å². The Bertz CT molecular complexity index is 1410. The van der Waals surface area contributed by atoms with Gasteiger partial charge in [-0.15, -0.1) is 13.2 Å². The van der Waals surface area contributed by atoms with Gasteiger partial charge in [0.05, 0.1) is 12.7 Å². The molecule has 0 fully saturated rings. The molecule has 3 aromatic carbocycles. The second-order valence-corrected chi connectivity index (χ2v) is 9.37. The average Bonchev–Trinajstić information content (AvgIpc) is 2.86. The van der Waals surface area contributed by atoms with Gasteiger partial charge in [-0.3, -0.25) is 4.79 Å². The normalized spacial score (nSPS) is 14.3. The number of hydrogen-bond acceptors (Lipinski definition) is 7. The molecule has 0 aliphatic carbocycles. The van der Waals surface area contributed by atoms with E-state index in [2.05, 4.69) is 4.74 Å². The molecule has 10 heteroatoms. The Hall–Kier alpha value is -4.47. The second-order valence-electron chi connectivity index (χ2n) is 9.37. The fourth-order valence-corrected chi connectivity index (χ4v) is 4.03. The highest BCUT2D eigenvalue weighted by Crippen LogP contribution is 2.44. The van der Waals surface area contributed by atoms with Crippen LogP contribution >= 0.6 is 0 Å². The molecule has 0 saturated heterocycles. The Kier molecular flexibility index (Phi) is 7.58. The summed E-state index contributed by atoms with van der Waals surface area (Å²) in [7, 11) is 1.40. The number of rotatable bonds is 7. The number of allylic oxidation sites excluding steroid dienone is 1. The predicted molar refractivity (Wildman–Crippen MR) is 136 cm³/mol. The minimum Gasteiger partial charge on any atom is -0.507 e. The first-order valence-electron chi connectivity index (χ1n) is 11.9. The number of phenolic OH excluding ortho intramolecular Hbond substituents is 1. The summed E-state index contributed by atoms with van der Waals surface area (Å²) in [4.78, 5) is 25.3. The number of ketones is 1. The van der Waals surface area contributed by atoms with Crippen molar-refractivity contribution >= 4 is 17.8 Å².